The maximum atomic E-state index is 13.4. The minimum atomic E-state index is -0.881. The van der Waals surface area contributed by atoms with E-state index in [2.05, 4.69) is 15.6 Å². The van der Waals surface area contributed by atoms with Gasteiger partial charge in [0.1, 0.15) is 0 Å². The lowest BCUT2D eigenvalue weighted by Crippen LogP contribution is -2.19. The normalized spacial score (nSPS) is 10.0. The Labute approximate surface area is 125 Å². The topological polar surface area (TPSA) is 71.1 Å². The molecule has 0 aliphatic rings. The Morgan fingerprint density at radius 1 is 1.24 bits per heavy atom. The third-order valence-corrected chi connectivity index (χ3v) is 3.04. The molecule has 2 rings (SSSR count). The molecule has 2 aromatic rings. The summed E-state index contributed by atoms with van der Waals surface area (Å²) in [6.45, 7) is 0. The highest BCUT2D eigenvalue weighted by atomic mass is 35.5. The maximum Gasteiger partial charge on any atom is 0.260 e. The second kappa shape index (κ2) is 6.32. The second-order valence-corrected chi connectivity index (χ2v) is 4.48. The molecule has 0 bridgehead atoms. The average molecular weight is 308 g/mol. The minimum Gasteiger partial charge on any atom is -0.355 e. The van der Waals surface area contributed by atoms with Crippen LogP contribution in [0.1, 0.15) is 20.7 Å². The van der Waals surface area contributed by atoms with Gasteiger partial charge in [-0.2, -0.15) is 4.39 Å². The molecule has 0 radical (unpaired) electrons. The van der Waals surface area contributed by atoms with Gasteiger partial charge in [0.2, 0.25) is 5.95 Å². The molecule has 0 saturated heterocycles. The van der Waals surface area contributed by atoms with Gasteiger partial charge in [-0.05, 0) is 30.3 Å². The van der Waals surface area contributed by atoms with E-state index in [-0.39, 0.29) is 22.2 Å². The quantitative estimate of drug-likeness (QED) is 0.856. The molecule has 0 aliphatic heterocycles. The Morgan fingerprint density at radius 3 is 2.67 bits per heavy atom. The SMILES string of the molecule is CNC(=O)c1ccc(Cl)c(NC(=O)c2cccnc2F)c1. The number of anilines is 1. The smallest absolute Gasteiger partial charge is 0.260 e. The summed E-state index contributed by atoms with van der Waals surface area (Å²) in [5.41, 5.74) is 0.328. The monoisotopic (exact) mass is 307 g/mol. The number of amides is 2. The van der Waals surface area contributed by atoms with Crippen molar-refractivity contribution in [2.45, 2.75) is 0 Å². The molecule has 7 heteroatoms. The number of carbonyl (C=O) groups excluding carboxylic acids is 2. The standard InChI is InChI=1S/C14H11ClFN3O2/c1-17-13(20)8-4-5-10(15)11(7-8)19-14(21)9-3-2-6-18-12(9)16/h2-7H,1H3,(H,17,20)(H,19,21). The number of carbonyl (C=O) groups is 2. The molecule has 1 aromatic carbocycles. The fourth-order valence-corrected chi connectivity index (χ4v) is 1.82. The lowest BCUT2D eigenvalue weighted by Gasteiger charge is -2.09. The third-order valence-electron chi connectivity index (χ3n) is 2.71. The Kier molecular flexibility index (Phi) is 4.49. The van der Waals surface area contributed by atoms with Gasteiger partial charge in [0, 0.05) is 18.8 Å². The highest BCUT2D eigenvalue weighted by Crippen LogP contribution is 2.24. The average Bonchev–Trinajstić information content (AvgIpc) is 2.49. The maximum absolute atomic E-state index is 13.4. The van der Waals surface area contributed by atoms with Crippen LogP contribution in [0.5, 0.6) is 0 Å². The number of nitrogens with zero attached hydrogens (tertiary/aromatic N) is 1. The highest BCUT2D eigenvalue weighted by molar-refractivity contribution is 6.34. The van der Waals surface area contributed by atoms with Crippen molar-refractivity contribution in [3.8, 4) is 0 Å². The van der Waals surface area contributed by atoms with E-state index in [9.17, 15) is 14.0 Å². The summed E-state index contributed by atoms with van der Waals surface area (Å²) in [5.74, 6) is -1.90. The van der Waals surface area contributed by atoms with Crippen LogP contribution in [0.15, 0.2) is 36.5 Å². The van der Waals surface area contributed by atoms with Crippen molar-refractivity contribution in [2.24, 2.45) is 0 Å². The molecule has 21 heavy (non-hydrogen) atoms. The summed E-state index contributed by atoms with van der Waals surface area (Å²) in [6, 6.07) is 7.14. The molecule has 108 valence electrons. The van der Waals surface area contributed by atoms with Crippen LogP contribution in [-0.2, 0) is 0 Å². The van der Waals surface area contributed by atoms with E-state index in [1.807, 2.05) is 0 Å². The summed E-state index contributed by atoms with van der Waals surface area (Å²) in [4.78, 5) is 26.9. The van der Waals surface area contributed by atoms with Gasteiger partial charge in [-0.3, -0.25) is 9.59 Å². The third kappa shape index (κ3) is 3.35. The van der Waals surface area contributed by atoms with Crippen molar-refractivity contribution in [1.82, 2.24) is 10.3 Å². The largest absolute Gasteiger partial charge is 0.355 e. The van der Waals surface area contributed by atoms with Crippen molar-refractivity contribution in [3.05, 3.63) is 58.6 Å². The molecule has 0 atom stereocenters. The van der Waals surface area contributed by atoms with E-state index >= 15 is 0 Å². The molecule has 0 fully saturated rings. The molecular weight excluding hydrogens is 297 g/mol. The first-order chi connectivity index (χ1) is 10.0. The zero-order valence-corrected chi connectivity index (χ0v) is 11.7. The van der Waals surface area contributed by atoms with E-state index in [4.69, 9.17) is 11.6 Å². The Hall–Kier alpha value is -2.47. The van der Waals surface area contributed by atoms with Crippen LogP contribution < -0.4 is 10.6 Å². The molecule has 0 aliphatic carbocycles. The Bertz CT molecular complexity index is 706. The second-order valence-electron chi connectivity index (χ2n) is 4.07. The lowest BCUT2D eigenvalue weighted by atomic mass is 10.1. The number of hydrogen-bond donors (Lipinski definition) is 2. The number of benzene rings is 1. The van der Waals surface area contributed by atoms with Gasteiger partial charge in [-0.1, -0.05) is 11.6 Å². The van der Waals surface area contributed by atoms with Gasteiger partial charge < -0.3 is 10.6 Å². The Morgan fingerprint density at radius 2 is 2.00 bits per heavy atom. The van der Waals surface area contributed by atoms with E-state index in [0.29, 0.717) is 5.56 Å². The van der Waals surface area contributed by atoms with Crippen LogP contribution in [-0.4, -0.2) is 23.8 Å². The molecule has 1 heterocycles. The van der Waals surface area contributed by atoms with Crippen molar-refractivity contribution < 1.29 is 14.0 Å². The van der Waals surface area contributed by atoms with Gasteiger partial charge in [0.25, 0.3) is 11.8 Å². The fourth-order valence-electron chi connectivity index (χ4n) is 1.65. The Balaban J connectivity index is 2.29. The summed E-state index contributed by atoms with van der Waals surface area (Å²) >= 11 is 5.96. The van der Waals surface area contributed by atoms with Gasteiger partial charge in [0.05, 0.1) is 16.3 Å². The van der Waals surface area contributed by atoms with Crippen LogP contribution in [0.2, 0.25) is 5.02 Å². The summed E-state index contributed by atoms with van der Waals surface area (Å²) in [7, 11) is 1.49. The van der Waals surface area contributed by atoms with Crippen LogP contribution in [0.4, 0.5) is 10.1 Å². The summed E-state index contributed by atoms with van der Waals surface area (Å²) in [6.07, 6.45) is 1.24. The zero-order valence-electron chi connectivity index (χ0n) is 11.0. The number of nitrogens with one attached hydrogen (secondary N) is 2. The summed E-state index contributed by atoms with van der Waals surface area (Å²) in [5, 5.41) is 5.15. The fraction of sp³-hybridized carbons (Fsp3) is 0.0714. The van der Waals surface area contributed by atoms with Crippen molar-refractivity contribution in [2.75, 3.05) is 12.4 Å². The van der Waals surface area contributed by atoms with E-state index in [0.717, 1.165) is 0 Å². The molecule has 1 aromatic heterocycles. The highest BCUT2D eigenvalue weighted by Gasteiger charge is 2.15. The number of halogens is 2. The number of pyridine rings is 1. The van der Waals surface area contributed by atoms with Gasteiger partial charge in [0.15, 0.2) is 0 Å². The van der Waals surface area contributed by atoms with Gasteiger partial charge in [-0.25, -0.2) is 4.98 Å². The number of rotatable bonds is 3. The number of hydrogen-bond acceptors (Lipinski definition) is 3. The molecule has 0 spiro atoms. The molecule has 5 nitrogen and oxygen atoms in total. The van der Waals surface area contributed by atoms with Gasteiger partial charge >= 0.3 is 0 Å². The van der Waals surface area contributed by atoms with E-state index < -0.39 is 11.9 Å². The van der Waals surface area contributed by atoms with Crippen molar-refractivity contribution >= 4 is 29.1 Å². The van der Waals surface area contributed by atoms with Gasteiger partial charge in [-0.15, -0.1) is 0 Å². The molecule has 2 amide bonds. The first-order valence-corrected chi connectivity index (χ1v) is 6.34. The molecule has 2 N–H and O–H groups in total. The first-order valence-electron chi connectivity index (χ1n) is 5.96. The van der Waals surface area contributed by atoms with E-state index in [1.54, 1.807) is 0 Å². The minimum absolute atomic E-state index is 0.209. The summed E-state index contributed by atoms with van der Waals surface area (Å²) < 4.78 is 13.4. The first kappa shape index (κ1) is 14.9. The van der Waals surface area contributed by atoms with Crippen LogP contribution in [0.3, 0.4) is 0 Å². The molecule has 0 unspecified atom stereocenters. The van der Waals surface area contributed by atoms with Crippen molar-refractivity contribution in [1.29, 1.82) is 0 Å². The number of aromatic nitrogens is 1. The molecular formula is C14H11ClFN3O2. The molecule has 0 saturated carbocycles. The zero-order chi connectivity index (χ0) is 15.4. The van der Waals surface area contributed by atoms with Crippen LogP contribution in [0, 0.1) is 5.95 Å². The van der Waals surface area contributed by atoms with Crippen molar-refractivity contribution in [3.63, 3.8) is 0 Å². The predicted octanol–water partition coefficient (Wildman–Crippen LogP) is 2.49. The van der Waals surface area contributed by atoms with Crippen LogP contribution >= 0.6 is 11.6 Å². The predicted molar refractivity (Wildman–Crippen MR) is 77.0 cm³/mol. The van der Waals surface area contributed by atoms with E-state index in [1.165, 1.54) is 43.6 Å². The van der Waals surface area contributed by atoms with Crippen LogP contribution in [0.25, 0.3) is 0 Å². The lowest BCUT2D eigenvalue weighted by molar-refractivity contribution is 0.0961.